The van der Waals surface area contributed by atoms with Crippen LogP contribution in [0.5, 0.6) is 11.5 Å². The minimum Gasteiger partial charge on any atom is -0.490 e. The molecule has 8 heteroatoms. The van der Waals surface area contributed by atoms with Crippen molar-refractivity contribution in [2.75, 3.05) is 11.9 Å². The van der Waals surface area contributed by atoms with Crippen LogP contribution in [0.15, 0.2) is 48.8 Å². The Labute approximate surface area is 161 Å². The molecule has 4 rings (SSSR count). The minimum atomic E-state index is -0.305. The summed E-state index contributed by atoms with van der Waals surface area (Å²) in [5.74, 6) is 1.11. The van der Waals surface area contributed by atoms with Crippen LogP contribution in [0.2, 0.25) is 0 Å². The number of ether oxygens (including phenoxy) is 2. The van der Waals surface area contributed by atoms with Gasteiger partial charge in [-0.25, -0.2) is 9.07 Å². The highest BCUT2D eigenvalue weighted by atomic mass is 19.1. The molecule has 0 aliphatic carbocycles. The van der Waals surface area contributed by atoms with Gasteiger partial charge in [-0.15, -0.1) is 0 Å². The van der Waals surface area contributed by atoms with Crippen LogP contribution in [-0.4, -0.2) is 27.3 Å². The molecule has 1 atom stereocenters. The zero-order chi connectivity index (χ0) is 19.5. The third-order valence-corrected chi connectivity index (χ3v) is 4.43. The highest BCUT2D eigenvalue weighted by Crippen LogP contribution is 2.35. The van der Waals surface area contributed by atoms with Gasteiger partial charge < -0.3 is 9.47 Å². The molecule has 0 saturated carbocycles. The molecule has 3 aromatic rings. The van der Waals surface area contributed by atoms with Crippen molar-refractivity contribution in [3.05, 3.63) is 65.7 Å². The van der Waals surface area contributed by atoms with Crippen LogP contribution in [0.1, 0.15) is 30.5 Å². The standard InChI is InChI=1S/C20H19FN4O3/c1-2-27-18-9-14(16-10-19(26)24-20-22-12-23-25(16)20)6-7-17(18)28-11-13-4-3-5-15(21)8-13/h3-9,12,16H,2,10-11H2,1H3,(H,22,23,24,26)/t16-/m1/s1. The number of halogens is 1. The van der Waals surface area contributed by atoms with Gasteiger partial charge in [0.25, 0.3) is 0 Å². The highest BCUT2D eigenvalue weighted by Gasteiger charge is 2.28. The molecular formula is C20H19FN4O3. The average Bonchev–Trinajstić information content (AvgIpc) is 3.15. The number of fused-ring (bicyclic) bond motifs is 1. The van der Waals surface area contributed by atoms with Crippen LogP contribution in [0, 0.1) is 5.82 Å². The number of carbonyl (C=O) groups is 1. The molecule has 1 aliphatic heterocycles. The fourth-order valence-corrected chi connectivity index (χ4v) is 3.17. The van der Waals surface area contributed by atoms with E-state index < -0.39 is 0 Å². The fraction of sp³-hybridized carbons (Fsp3) is 0.250. The maximum atomic E-state index is 13.4. The van der Waals surface area contributed by atoms with Gasteiger partial charge in [0, 0.05) is 0 Å². The zero-order valence-corrected chi connectivity index (χ0v) is 15.3. The fourth-order valence-electron chi connectivity index (χ4n) is 3.17. The molecule has 1 N–H and O–H groups in total. The Bertz CT molecular complexity index is 1000. The van der Waals surface area contributed by atoms with Crippen molar-refractivity contribution in [2.24, 2.45) is 0 Å². The maximum absolute atomic E-state index is 13.4. The summed E-state index contributed by atoms with van der Waals surface area (Å²) in [5.41, 5.74) is 1.59. The van der Waals surface area contributed by atoms with Crippen molar-refractivity contribution >= 4 is 11.9 Å². The second kappa shape index (κ2) is 7.67. The Morgan fingerprint density at radius 3 is 2.93 bits per heavy atom. The molecule has 1 amide bonds. The van der Waals surface area contributed by atoms with E-state index in [0.29, 0.717) is 24.1 Å². The number of hydrogen-bond donors (Lipinski definition) is 1. The molecular weight excluding hydrogens is 363 g/mol. The van der Waals surface area contributed by atoms with Gasteiger partial charge in [-0.05, 0) is 42.3 Å². The number of aromatic nitrogens is 3. The molecule has 144 valence electrons. The minimum absolute atomic E-state index is 0.116. The van der Waals surface area contributed by atoms with Crippen LogP contribution < -0.4 is 14.8 Å². The lowest BCUT2D eigenvalue weighted by molar-refractivity contribution is -0.117. The van der Waals surface area contributed by atoms with Gasteiger partial charge in [0.2, 0.25) is 11.9 Å². The molecule has 0 saturated heterocycles. The summed E-state index contributed by atoms with van der Waals surface area (Å²) in [7, 11) is 0. The Morgan fingerprint density at radius 1 is 1.21 bits per heavy atom. The summed E-state index contributed by atoms with van der Waals surface area (Å²) >= 11 is 0. The Kier molecular flexibility index (Phi) is 4.92. The number of anilines is 1. The molecule has 7 nitrogen and oxygen atoms in total. The number of rotatable bonds is 6. The lowest BCUT2D eigenvalue weighted by atomic mass is 10.0. The summed E-state index contributed by atoms with van der Waals surface area (Å²) in [5, 5.41) is 6.91. The summed E-state index contributed by atoms with van der Waals surface area (Å²) < 4.78 is 26.6. The van der Waals surface area contributed by atoms with Gasteiger partial charge in [-0.3, -0.25) is 10.1 Å². The van der Waals surface area contributed by atoms with Crippen LogP contribution in [0.4, 0.5) is 10.3 Å². The quantitative estimate of drug-likeness (QED) is 0.708. The third kappa shape index (κ3) is 3.66. The first-order valence-corrected chi connectivity index (χ1v) is 8.97. The van der Waals surface area contributed by atoms with Gasteiger partial charge in [0.1, 0.15) is 18.8 Å². The van der Waals surface area contributed by atoms with Crippen molar-refractivity contribution in [1.29, 1.82) is 0 Å². The molecule has 2 aromatic carbocycles. The summed E-state index contributed by atoms with van der Waals surface area (Å²) in [6.07, 6.45) is 1.67. The summed E-state index contributed by atoms with van der Waals surface area (Å²) in [6, 6.07) is 11.5. The monoisotopic (exact) mass is 382 g/mol. The van der Waals surface area contributed by atoms with E-state index in [0.717, 1.165) is 11.1 Å². The van der Waals surface area contributed by atoms with E-state index in [1.165, 1.54) is 18.5 Å². The molecule has 1 aromatic heterocycles. The molecule has 0 fully saturated rings. The van der Waals surface area contributed by atoms with Gasteiger partial charge in [-0.1, -0.05) is 18.2 Å². The van der Waals surface area contributed by atoms with E-state index in [1.54, 1.807) is 22.9 Å². The molecule has 0 spiro atoms. The lowest BCUT2D eigenvalue weighted by Crippen LogP contribution is -2.29. The van der Waals surface area contributed by atoms with Gasteiger partial charge >= 0.3 is 0 Å². The topological polar surface area (TPSA) is 78.3 Å². The lowest BCUT2D eigenvalue weighted by Gasteiger charge is -2.24. The smallest absolute Gasteiger partial charge is 0.229 e. The van der Waals surface area contributed by atoms with E-state index >= 15 is 0 Å². The second-order valence-corrected chi connectivity index (χ2v) is 6.35. The molecule has 2 heterocycles. The zero-order valence-electron chi connectivity index (χ0n) is 15.3. The number of hydrogen-bond acceptors (Lipinski definition) is 5. The molecule has 0 radical (unpaired) electrons. The van der Waals surface area contributed by atoms with E-state index in [4.69, 9.17) is 9.47 Å². The SMILES string of the molecule is CCOc1cc([C@H]2CC(=O)Nc3ncnn32)ccc1OCc1cccc(F)c1. The van der Waals surface area contributed by atoms with E-state index in [9.17, 15) is 9.18 Å². The Balaban J connectivity index is 1.60. The average molecular weight is 382 g/mol. The van der Waals surface area contributed by atoms with E-state index in [-0.39, 0.29) is 30.8 Å². The van der Waals surface area contributed by atoms with Crippen LogP contribution >= 0.6 is 0 Å². The molecule has 1 aliphatic rings. The van der Waals surface area contributed by atoms with Crippen LogP contribution in [0.25, 0.3) is 0 Å². The second-order valence-electron chi connectivity index (χ2n) is 6.35. The van der Waals surface area contributed by atoms with Crippen molar-refractivity contribution in [3.8, 4) is 11.5 Å². The van der Waals surface area contributed by atoms with E-state index in [1.807, 2.05) is 19.1 Å². The number of carbonyl (C=O) groups excluding carboxylic acids is 1. The van der Waals surface area contributed by atoms with Crippen molar-refractivity contribution < 1.29 is 18.7 Å². The first kappa shape index (κ1) is 18.0. The third-order valence-electron chi connectivity index (χ3n) is 4.43. The Hall–Kier alpha value is -3.42. The number of benzene rings is 2. The highest BCUT2D eigenvalue weighted by molar-refractivity contribution is 5.91. The Morgan fingerprint density at radius 2 is 2.11 bits per heavy atom. The van der Waals surface area contributed by atoms with Gasteiger partial charge in [0.05, 0.1) is 19.1 Å². The van der Waals surface area contributed by atoms with E-state index in [2.05, 4.69) is 15.4 Å². The largest absolute Gasteiger partial charge is 0.490 e. The normalized spacial score (nSPS) is 15.6. The van der Waals surface area contributed by atoms with Crippen molar-refractivity contribution in [2.45, 2.75) is 26.0 Å². The van der Waals surface area contributed by atoms with Crippen molar-refractivity contribution in [3.63, 3.8) is 0 Å². The first-order valence-electron chi connectivity index (χ1n) is 8.97. The number of nitrogens with zero attached hydrogens (tertiary/aromatic N) is 3. The number of amides is 1. The van der Waals surface area contributed by atoms with Crippen molar-refractivity contribution in [1.82, 2.24) is 14.8 Å². The van der Waals surface area contributed by atoms with Gasteiger partial charge in [0.15, 0.2) is 11.5 Å². The number of nitrogens with one attached hydrogen (secondary N) is 1. The summed E-state index contributed by atoms with van der Waals surface area (Å²) in [6.45, 7) is 2.56. The first-order chi connectivity index (χ1) is 13.6. The molecule has 28 heavy (non-hydrogen) atoms. The molecule has 0 unspecified atom stereocenters. The molecule has 0 bridgehead atoms. The van der Waals surface area contributed by atoms with Gasteiger partial charge in [-0.2, -0.15) is 10.1 Å². The summed E-state index contributed by atoms with van der Waals surface area (Å²) in [4.78, 5) is 16.1. The predicted octanol–water partition coefficient (Wildman–Crippen LogP) is 3.33. The van der Waals surface area contributed by atoms with Crippen LogP contribution in [-0.2, 0) is 11.4 Å². The predicted molar refractivity (Wildman–Crippen MR) is 99.8 cm³/mol. The van der Waals surface area contributed by atoms with Crippen LogP contribution in [0.3, 0.4) is 0 Å². The maximum Gasteiger partial charge on any atom is 0.229 e.